The number of amides is 1. The second kappa shape index (κ2) is 6.23. The van der Waals surface area contributed by atoms with Crippen molar-refractivity contribution >= 4 is 5.91 Å². The third-order valence-electron chi connectivity index (χ3n) is 2.54. The zero-order chi connectivity index (χ0) is 12.0. The van der Waals surface area contributed by atoms with Gasteiger partial charge in [-0.1, -0.05) is 13.3 Å². The molecule has 0 spiro atoms. The Morgan fingerprint density at radius 3 is 3.00 bits per heavy atom. The van der Waals surface area contributed by atoms with Gasteiger partial charge in [-0.05, 0) is 30.5 Å². The highest BCUT2D eigenvalue weighted by Crippen LogP contribution is 2.04. The van der Waals surface area contributed by atoms with Crippen LogP contribution in [0.1, 0.15) is 30.9 Å². The first kappa shape index (κ1) is 12.6. The van der Waals surface area contributed by atoms with Crippen molar-refractivity contribution in [2.75, 3.05) is 0 Å². The van der Waals surface area contributed by atoms with Gasteiger partial charge in [0.1, 0.15) is 0 Å². The number of aromatic nitrogens is 1. The highest BCUT2D eigenvalue weighted by atomic mass is 16.2. The summed E-state index contributed by atoms with van der Waals surface area (Å²) in [6.45, 7) is 4.50. The first-order valence-electron chi connectivity index (χ1n) is 5.58. The summed E-state index contributed by atoms with van der Waals surface area (Å²) >= 11 is 0. The summed E-state index contributed by atoms with van der Waals surface area (Å²) < 4.78 is 0. The molecule has 0 aliphatic carbocycles. The molecule has 1 unspecified atom stereocenters. The molecule has 0 radical (unpaired) electrons. The van der Waals surface area contributed by atoms with E-state index in [0.29, 0.717) is 6.54 Å². The van der Waals surface area contributed by atoms with Gasteiger partial charge in [-0.15, -0.1) is 0 Å². The monoisotopic (exact) mass is 221 g/mol. The summed E-state index contributed by atoms with van der Waals surface area (Å²) in [6.07, 6.45) is 5.14. The summed E-state index contributed by atoms with van der Waals surface area (Å²) in [6, 6.07) is 1.52. The zero-order valence-electron chi connectivity index (χ0n) is 9.86. The van der Waals surface area contributed by atoms with Crippen molar-refractivity contribution in [3.63, 3.8) is 0 Å². The van der Waals surface area contributed by atoms with E-state index in [-0.39, 0.29) is 5.91 Å². The SMILES string of the molecule is CCCC(N)C(=O)NCc1cnccc1C. The number of carbonyl (C=O) groups is 1. The van der Waals surface area contributed by atoms with Crippen LogP contribution in [0.2, 0.25) is 0 Å². The molecule has 3 N–H and O–H groups in total. The van der Waals surface area contributed by atoms with Gasteiger partial charge in [0.25, 0.3) is 0 Å². The fraction of sp³-hybridized carbons (Fsp3) is 0.500. The van der Waals surface area contributed by atoms with Crippen LogP contribution in [-0.4, -0.2) is 16.9 Å². The van der Waals surface area contributed by atoms with Crippen LogP contribution in [0.15, 0.2) is 18.5 Å². The number of pyridine rings is 1. The second-order valence-corrected chi connectivity index (χ2v) is 3.92. The molecule has 0 aliphatic rings. The van der Waals surface area contributed by atoms with E-state index in [1.165, 1.54) is 0 Å². The lowest BCUT2D eigenvalue weighted by Gasteiger charge is -2.11. The second-order valence-electron chi connectivity index (χ2n) is 3.92. The maximum Gasteiger partial charge on any atom is 0.237 e. The molecule has 0 saturated carbocycles. The average Bonchev–Trinajstić information content (AvgIpc) is 2.28. The summed E-state index contributed by atoms with van der Waals surface area (Å²) in [5.41, 5.74) is 7.85. The van der Waals surface area contributed by atoms with Crippen LogP contribution in [-0.2, 0) is 11.3 Å². The Hall–Kier alpha value is -1.42. The molecule has 0 fully saturated rings. The first-order valence-corrected chi connectivity index (χ1v) is 5.58. The van der Waals surface area contributed by atoms with E-state index in [4.69, 9.17) is 5.73 Å². The molecule has 1 aromatic heterocycles. The number of hydrogen-bond donors (Lipinski definition) is 2. The first-order chi connectivity index (χ1) is 7.65. The van der Waals surface area contributed by atoms with Crippen molar-refractivity contribution in [2.24, 2.45) is 5.73 Å². The lowest BCUT2D eigenvalue weighted by molar-refractivity contribution is -0.122. The zero-order valence-corrected chi connectivity index (χ0v) is 9.86. The molecule has 16 heavy (non-hydrogen) atoms. The Morgan fingerprint density at radius 1 is 1.62 bits per heavy atom. The fourth-order valence-electron chi connectivity index (χ4n) is 1.44. The average molecular weight is 221 g/mol. The molecule has 4 nitrogen and oxygen atoms in total. The minimum atomic E-state index is -0.401. The van der Waals surface area contributed by atoms with Crippen molar-refractivity contribution in [3.05, 3.63) is 29.6 Å². The van der Waals surface area contributed by atoms with Gasteiger partial charge in [-0.3, -0.25) is 9.78 Å². The Bertz CT molecular complexity index is 352. The van der Waals surface area contributed by atoms with Gasteiger partial charge in [0.2, 0.25) is 5.91 Å². The molecule has 0 bridgehead atoms. The molecule has 1 aromatic rings. The lowest BCUT2D eigenvalue weighted by Crippen LogP contribution is -2.40. The van der Waals surface area contributed by atoms with Crippen molar-refractivity contribution in [2.45, 2.75) is 39.3 Å². The topological polar surface area (TPSA) is 68.0 Å². The van der Waals surface area contributed by atoms with Gasteiger partial charge >= 0.3 is 0 Å². The van der Waals surface area contributed by atoms with Gasteiger partial charge in [-0.2, -0.15) is 0 Å². The number of rotatable bonds is 5. The standard InChI is InChI=1S/C12H19N3O/c1-3-4-11(13)12(16)15-8-10-7-14-6-5-9(10)2/h5-7,11H,3-4,8,13H2,1-2H3,(H,15,16). The number of nitrogens with zero attached hydrogens (tertiary/aromatic N) is 1. The molecule has 1 rings (SSSR count). The number of carbonyl (C=O) groups excluding carboxylic acids is 1. The van der Waals surface area contributed by atoms with Crippen molar-refractivity contribution in [3.8, 4) is 0 Å². The highest BCUT2D eigenvalue weighted by molar-refractivity contribution is 5.81. The number of nitrogens with two attached hydrogens (primary N) is 1. The molecule has 1 heterocycles. The van der Waals surface area contributed by atoms with Crippen LogP contribution in [0.5, 0.6) is 0 Å². The summed E-state index contributed by atoms with van der Waals surface area (Å²) in [7, 11) is 0. The van der Waals surface area contributed by atoms with Gasteiger partial charge in [0.15, 0.2) is 0 Å². The molecule has 1 atom stereocenters. The third kappa shape index (κ3) is 3.62. The van der Waals surface area contributed by atoms with Crippen LogP contribution in [0.25, 0.3) is 0 Å². The van der Waals surface area contributed by atoms with Gasteiger partial charge in [-0.25, -0.2) is 0 Å². The lowest BCUT2D eigenvalue weighted by atomic mass is 10.1. The normalized spacial score (nSPS) is 12.2. The van der Waals surface area contributed by atoms with Crippen molar-refractivity contribution in [1.82, 2.24) is 10.3 Å². The number of hydrogen-bond acceptors (Lipinski definition) is 3. The van der Waals surface area contributed by atoms with Crippen LogP contribution in [0.3, 0.4) is 0 Å². The molecule has 1 amide bonds. The van der Waals surface area contributed by atoms with Gasteiger partial charge < -0.3 is 11.1 Å². The Labute approximate surface area is 96.3 Å². The number of nitrogens with one attached hydrogen (secondary N) is 1. The minimum absolute atomic E-state index is 0.0925. The van der Waals surface area contributed by atoms with Gasteiger partial charge in [0.05, 0.1) is 6.04 Å². The van der Waals surface area contributed by atoms with E-state index in [9.17, 15) is 4.79 Å². The number of aryl methyl sites for hydroxylation is 1. The van der Waals surface area contributed by atoms with Crippen LogP contribution in [0.4, 0.5) is 0 Å². The predicted octanol–water partition coefficient (Wildman–Crippen LogP) is 1.13. The highest BCUT2D eigenvalue weighted by Gasteiger charge is 2.11. The Morgan fingerprint density at radius 2 is 2.38 bits per heavy atom. The quantitative estimate of drug-likeness (QED) is 0.783. The molecule has 4 heteroatoms. The minimum Gasteiger partial charge on any atom is -0.351 e. The molecular formula is C12H19N3O. The van der Waals surface area contributed by atoms with E-state index in [1.807, 2.05) is 19.9 Å². The fourth-order valence-corrected chi connectivity index (χ4v) is 1.44. The Kier molecular flexibility index (Phi) is 4.92. The van der Waals surface area contributed by atoms with E-state index >= 15 is 0 Å². The van der Waals surface area contributed by atoms with Crippen LogP contribution < -0.4 is 11.1 Å². The maximum absolute atomic E-state index is 11.6. The van der Waals surface area contributed by atoms with Crippen molar-refractivity contribution in [1.29, 1.82) is 0 Å². The summed E-state index contributed by atoms with van der Waals surface area (Å²) in [5.74, 6) is -0.0925. The smallest absolute Gasteiger partial charge is 0.237 e. The van der Waals surface area contributed by atoms with E-state index in [2.05, 4.69) is 10.3 Å². The van der Waals surface area contributed by atoms with Crippen molar-refractivity contribution < 1.29 is 4.79 Å². The van der Waals surface area contributed by atoms with E-state index in [1.54, 1.807) is 12.4 Å². The molecule has 88 valence electrons. The molecule has 0 saturated heterocycles. The van der Waals surface area contributed by atoms with E-state index < -0.39 is 6.04 Å². The van der Waals surface area contributed by atoms with Gasteiger partial charge in [0, 0.05) is 18.9 Å². The third-order valence-corrected chi connectivity index (χ3v) is 2.54. The van der Waals surface area contributed by atoms with Crippen LogP contribution >= 0.6 is 0 Å². The van der Waals surface area contributed by atoms with E-state index in [0.717, 1.165) is 24.0 Å². The predicted molar refractivity (Wildman–Crippen MR) is 63.7 cm³/mol. The summed E-state index contributed by atoms with van der Waals surface area (Å²) in [5, 5.41) is 2.82. The molecule has 0 aliphatic heterocycles. The molecular weight excluding hydrogens is 202 g/mol. The van der Waals surface area contributed by atoms with Crippen LogP contribution in [0, 0.1) is 6.92 Å². The maximum atomic E-state index is 11.6. The Balaban J connectivity index is 2.46. The molecule has 0 aromatic carbocycles. The summed E-state index contributed by atoms with van der Waals surface area (Å²) in [4.78, 5) is 15.6. The largest absolute Gasteiger partial charge is 0.351 e.